The van der Waals surface area contributed by atoms with Crippen LogP contribution < -0.4 is 21.3 Å². The first-order chi connectivity index (χ1) is 29.4. The van der Waals surface area contributed by atoms with E-state index in [4.69, 9.17) is 22.3 Å². The summed E-state index contributed by atoms with van der Waals surface area (Å²) in [7, 11) is 1.87. The summed E-state index contributed by atoms with van der Waals surface area (Å²) < 4.78 is 1.76. The van der Waals surface area contributed by atoms with E-state index in [9.17, 15) is 24.0 Å². The van der Waals surface area contributed by atoms with Gasteiger partial charge in [0, 0.05) is 68.8 Å². The zero-order valence-electron chi connectivity index (χ0n) is 34.1. The fourth-order valence-electron chi connectivity index (χ4n) is 8.78. The van der Waals surface area contributed by atoms with Gasteiger partial charge in [0.15, 0.2) is 11.5 Å². The average Bonchev–Trinajstić information content (AvgIpc) is 3.70. The smallest absolute Gasteiger partial charge is 0.262 e. The number of amides is 5. The molecule has 0 bridgehead atoms. The highest BCUT2D eigenvalue weighted by Gasteiger charge is 2.44. The first-order valence-corrected chi connectivity index (χ1v) is 20.9. The van der Waals surface area contributed by atoms with Crippen molar-refractivity contribution in [2.45, 2.75) is 58.5 Å². The summed E-state index contributed by atoms with van der Waals surface area (Å²) in [5.74, 6) is -0.978. The molecule has 5 aromatic rings. The van der Waals surface area contributed by atoms with Crippen LogP contribution >= 0.6 is 12.2 Å². The molecule has 2 fully saturated rings. The fourth-order valence-corrected chi connectivity index (χ4v) is 9.17. The second-order valence-corrected chi connectivity index (χ2v) is 16.5. The van der Waals surface area contributed by atoms with Crippen LogP contribution in [-0.4, -0.2) is 101 Å². The second kappa shape index (κ2) is 16.0. The minimum atomic E-state index is -1.04. The molecule has 16 nitrogen and oxygen atoms in total. The van der Waals surface area contributed by atoms with E-state index in [1.807, 2.05) is 18.0 Å². The van der Waals surface area contributed by atoms with Crippen LogP contribution in [0.15, 0.2) is 60.8 Å². The molecule has 2 saturated heterocycles. The zero-order valence-corrected chi connectivity index (χ0v) is 34.9. The van der Waals surface area contributed by atoms with Crippen molar-refractivity contribution in [1.29, 1.82) is 0 Å². The fraction of sp³-hybridized carbons (Fsp3) is 0.341. The third kappa shape index (κ3) is 7.65. The Hall–Kier alpha value is -6.75. The van der Waals surface area contributed by atoms with Gasteiger partial charge in [-0.05, 0) is 92.1 Å². The van der Waals surface area contributed by atoms with Crippen LogP contribution in [0.2, 0.25) is 0 Å². The Morgan fingerprint density at radius 2 is 1.61 bits per heavy atom. The molecule has 0 radical (unpaired) electrons. The number of thiocarbonyl (C=S) groups is 1. The largest absolute Gasteiger partial charge is 0.376 e. The van der Waals surface area contributed by atoms with Crippen LogP contribution in [0.3, 0.4) is 0 Å². The molecule has 1 unspecified atom stereocenters. The van der Waals surface area contributed by atoms with E-state index in [-0.39, 0.29) is 42.3 Å². The number of nitrogens with zero attached hydrogens (tertiary/aromatic N) is 7. The monoisotopic (exact) mass is 839 g/mol. The number of hydrogen-bond acceptors (Lipinski definition) is 12. The average molecular weight is 840 g/mol. The minimum absolute atomic E-state index is 0.0130. The van der Waals surface area contributed by atoms with Crippen LogP contribution in [0, 0.1) is 19.8 Å². The third-order valence-electron chi connectivity index (χ3n) is 12.2. The Kier molecular flexibility index (Phi) is 10.4. The number of benzene rings is 3. The van der Waals surface area contributed by atoms with Gasteiger partial charge in [-0.2, -0.15) is 10.1 Å². The lowest BCUT2D eigenvalue weighted by Gasteiger charge is -2.38. The maximum atomic E-state index is 13.3. The first kappa shape index (κ1) is 39.7. The molecular weight excluding hydrogens is 795 g/mol. The van der Waals surface area contributed by atoms with Crippen LogP contribution in [0.1, 0.15) is 68.7 Å². The molecule has 3 aromatic carbocycles. The van der Waals surface area contributed by atoms with Crippen molar-refractivity contribution in [3.63, 3.8) is 0 Å². The van der Waals surface area contributed by atoms with Crippen molar-refractivity contribution in [3.05, 3.63) is 94.2 Å². The van der Waals surface area contributed by atoms with Gasteiger partial charge in [0.05, 0.1) is 28.0 Å². The molecule has 0 aliphatic carbocycles. The Labute approximate surface area is 357 Å². The summed E-state index contributed by atoms with van der Waals surface area (Å²) in [6.45, 7) is 6.83. The highest BCUT2D eigenvalue weighted by atomic mass is 32.1. The van der Waals surface area contributed by atoms with E-state index < -0.39 is 29.7 Å². The molecule has 5 amide bonds. The number of aryl methyl sites for hydroxylation is 3. The number of carbonyl (C=O) groups excluding carboxylic acids is 5. The lowest BCUT2D eigenvalue weighted by Crippen LogP contribution is -2.54. The summed E-state index contributed by atoms with van der Waals surface area (Å²) in [5, 5.41) is 17.7. The Morgan fingerprint density at radius 3 is 2.38 bits per heavy atom. The van der Waals surface area contributed by atoms with Gasteiger partial charge in [-0.15, -0.1) is 0 Å². The number of nitrogens with one attached hydrogen (secondary N) is 4. The Bertz CT molecular complexity index is 2650. The van der Waals surface area contributed by atoms with Crippen LogP contribution in [-0.2, 0) is 34.4 Å². The second-order valence-electron chi connectivity index (χ2n) is 16.1. The van der Waals surface area contributed by atoms with Crippen LogP contribution in [0.5, 0.6) is 0 Å². The van der Waals surface area contributed by atoms with Gasteiger partial charge < -0.3 is 25.8 Å². The first-order valence-electron chi connectivity index (χ1n) is 20.5. The number of imide groups is 2. The molecule has 4 N–H and O–H groups in total. The summed E-state index contributed by atoms with van der Waals surface area (Å²) >= 11 is 6.08. The highest BCUT2D eigenvalue weighted by Crippen LogP contribution is 2.32. The van der Waals surface area contributed by atoms with E-state index in [2.05, 4.69) is 75.3 Å². The molecule has 6 heterocycles. The zero-order chi connectivity index (χ0) is 42.5. The molecule has 61 heavy (non-hydrogen) atoms. The maximum Gasteiger partial charge on any atom is 0.262 e. The topological polar surface area (TPSA) is 187 Å². The number of rotatable bonds is 9. The van der Waals surface area contributed by atoms with Gasteiger partial charge in [-0.3, -0.25) is 34.2 Å². The summed E-state index contributed by atoms with van der Waals surface area (Å²) in [6, 6.07) is 16.2. The lowest BCUT2D eigenvalue weighted by molar-refractivity contribution is -0.136. The lowest BCUT2D eigenvalue weighted by atomic mass is 9.93. The predicted molar refractivity (Wildman–Crippen MR) is 233 cm³/mol. The van der Waals surface area contributed by atoms with Crippen LogP contribution in [0.25, 0.3) is 11.0 Å². The standard InChI is InChI=1S/C44H45N11O5S/c1-24-5-4-6-25(2)37(24)49-38-33-21-46-44(50-39(33)52(3)51-38)47-30-8-7-26-13-18-54(23-28(26)19-30)43(61)27-14-16-53(17-15-27)36(57)22-45-29-9-10-31-32(20-29)42(60)55(41(31)59)34-11-12-35(56)48-40(34)58/h4-10,19-21,27,34,45H,11-18,22-23H2,1-3H3,(H,49,51)(H,46,47,50)(H,48,56,58). The quantitative estimate of drug-likeness (QED) is 0.116. The molecule has 4 aliphatic rings. The number of likely N-dealkylation sites (tertiary alicyclic amines) is 1. The van der Waals surface area contributed by atoms with Gasteiger partial charge in [0.25, 0.3) is 11.8 Å². The van der Waals surface area contributed by atoms with Crippen molar-refractivity contribution in [3.8, 4) is 0 Å². The number of hydrogen-bond donors (Lipinski definition) is 4. The molecule has 0 saturated carbocycles. The minimum Gasteiger partial charge on any atom is -0.376 e. The van der Waals surface area contributed by atoms with Gasteiger partial charge in [-0.1, -0.05) is 36.5 Å². The molecule has 9 rings (SSSR count). The van der Waals surface area contributed by atoms with Crippen molar-refractivity contribution in [2.24, 2.45) is 13.0 Å². The van der Waals surface area contributed by atoms with E-state index in [1.165, 1.54) is 23.3 Å². The van der Waals surface area contributed by atoms with Gasteiger partial charge >= 0.3 is 0 Å². The summed E-state index contributed by atoms with van der Waals surface area (Å²) in [5.41, 5.74) is 8.21. The molecular formula is C44H45N11O5S. The normalized spacial score (nSPS) is 18.0. The van der Waals surface area contributed by atoms with E-state index in [0.29, 0.717) is 42.7 Å². The van der Waals surface area contributed by atoms with Gasteiger partial charge in [0.1, 0.15) is 6.04 Å². The molecule has 312 valence electrons. The molecule has 2 aromatic heterocycles. The van der Waals surface area contributed by atoms with E-state index in [1.54, 1.807) is 16.9 Å². The van der Waals surface area contributed by atoms with Crippen molar-refractivity contribution in [2.75, 3.05) is 42.1 Å². The third-order valence-corrected chi connectivity index (χ3v) is 12.8. The summed E-state index contributed by atoms with van der Waals surface area (Å²) in [4.78, 5) is 79.0. The Balaban J connectivity index is 0.774. The van der Waals surface area contributed by atoms with Crippen molar-refractivity contribution >= 4 is 86.6 Å². The van der Waals surface area contributed by atoms with Crippen molar-refractivity contribution < 1.29 is 24.0 Å². The highest BCUT2D eigenvalue weighted by molar-refractivity contribution is 7.80. The van der Waals surface area contributed by atoms with Gasteiger partial charge in [0.2, 0.25) is 23.7 Å². The summed E-state index contributed by atoms with van der Waals surface area (Å²) in [6.07, 6.45) is 4.33. The van der Waals surface area contributed by atoms with Crippen LogP contribution in [0.4, 0.5) is 28.8 Å². The van der Waals surface area contributed by atoms with Gasteiger partial charge in [-0.25, -0.2) is 9.67 Å². The SMILES string of the molecule is Cc1cccc(C)c1Nc1nn(C)c2nc(Nc3ccc4c(c3)CN(C(=S)C3CCN(C(=O)CNc5ccc6c(c5)C(=O)N(C5CCC(=O)NC5=O)C6=O)CC3)CC4)ncc12. The Morgan fingerprint density at radius 1 is 0.852 bits per heavy atom. The number of aromatic nitrogens is 4. The van der Waals surface area contributed by atoms with Crippen molar-refractivity contribution in [1.82, 2.24) is 39.8 Å². The maximum absolute atomic E-state index is 13.3. The number of anilines is 5. The van der Waals surface area contributed by atoms with E-state index in [0.717, 1.165) is 63.6 Å². The number of fused-ring (bicyclic) bond motifs is 3. The predicted octanol–water partition coefficient (Wildman–Crippen LogP) is 4.90. The molecule has 1 atom stereocenters. The molecule has 17 heteroatoms. The molecule has 4 aliphatic heterocycles. The number of carbonyl (C=O) groups is 5. The number of para-hydroxylation sites is 1. The number of piperidine rings is 2. The molecule has 0 spiro atoms. The van der Waals surface area contributed by atoms with E-state index >= 15 is 0 Å².